The zero-order valence-corrected chi connectivity index (χ0v) is 16.3. The minimum absolute atomic E-state index is 0.209. The Morgan fingerprint density at radius 1 is 0.778 bits per heavy atom. The lowest BCUT2D eigenvalue weighted by molar-refractivity contribution is 0.121. The van der Waals surface area contributed by atoms with Gasteiger partial charge in [-0.25, -0.2) is 0 Å². The third-order valence-corrected chi connectivity index (χ3v) is 4.91. The first-order valence-corrected chi connectivity index (χ1v) is 9.76. The first-order valence-electron chi connectivity index (χ1n) is 8.95. The Hall–Kier alpha value is -2.21. The van der Waals surface area contributed by atoms with E-state index < -0.39 is 12.2 Å². The maximum atomic E-state index is 9.68. The van der Waals surface area contributed by atoms with Crippen LogP contribution in [0.15, 0.2) is 70.5 Å². The SMILES string of the molecule is CC(O)COc1cccc2c(OCC(C)O)c(Sc3ccccc3)ccc12. The van der Waals surface area contributed by atoms with Crippen LogP contribution in [0.4, 0.5) is 0 Å². The minimum atomic E-state index is -0.565. The van der Waals surface area contributed by atoms with Crippen molar-refractivity contribution < 1.29 is 19.7 Å². The van der Waals surface area contributed by atoms with Gasteiger partial charge in [-0.15, -0.1) is 0 Å². The van der Waals surface area contributed by atoms with Gasteiger partial charge in [-0.2, -0.15) is 0 Å². The van der Waals surface area contributed by atoms with Gasteiger partial charge in [0.05, 0.1) is 17.1 Å². The monoisotopic (exact) mass is 384 g/mol. The maximum Gasteiger partial charge on any atom is 0.141 e. The van der Waals surface area contributed by atoms with Crippen LogP contribution in [0.25, 0.3) is 10.8 Å². The lowest BCUT2D eigenvalue weighted by Gasteiger charge is -2.17. The molecule has 0 bridgehead atoms. The fraction of sp³-hybridized carbons (Fsp3) is 0.273. The van der Waals surface area contributed by atoms with Crippen molar-refractivity contribution >= 4 is 22.5 Å². The van der Waals surface area contributed by atoms with Gasteiger partial charge in [-0.3, -0.25) is 0 Å². The van der Waals surface area contributed by atoms with Crippen LogP contribution in [0.5, 0.6) is 11.5 Å². The first-order chi connectivity index (χ1) is 13.0. The highest BCUT2D eigenvalue weighted by Crippen LogP contribution is 2.42. The summed E-state index contributed by atoms with van der Waals surface area (Å²) in [6.07, 6.45) is -1.11. The second kappa shape index (κ2) is 9.13. The largest absolute Gasteiger partial charge is 0.490 e. The number of ether oxygens (including phenoxy) is 2. The lowest BCUT2D eigenvalue weighted by Crippen LogP contribution is -2.14. The van der Waals surface area contributed by atoms with E-state index in [2.05, 4.69) is 12.1 Å². The van der Waals surface area contributed by atoms with Crippen molar-refractivity contribution in [1.82, 2.24) is 0 Å². The van der Waals surface area contributed by atoms with Crippen molar-refractivity contribution in [3.63, 3.8) is 0 Å². The van der Waals surface area contributed by atoms with Crippen molar-refractivity contribution in [3.05, 3.63) is 60.7 Å². The number of benzene rings is 3. The first kappa shape index (κ1) is 19.5. The molecule has 0 spiro atoms. The van der Waals surface area contributed by atoms with E-state index in [9.17, 15) is 10.2 Å². The van der Waals surface area contributed by atoms with E-state index in [0.717, 1.165) is 26.3 Å². The zero-order valence-electron chi connectivity index (χ0n) is 15.5. The van der Waals surface area contributed by atoms with E-state index in [0.29, 0.717) is 5.75 Å². The smallest absolute Gasteiger partial charge is 0.141 e. The molecule has 0 aliphatic carbocycles. The molecule has 0 aliphatic rings. The van der Waals surface area contributed by atoms with Gasteiger partial charge in [-0.05, 0) is 44.2 Å². The third kappa shape index (κ3) is 5.16. The highest BCUT2D eigenvalue weighted by Gasteiger charge is 2.14. The van der Waals surface area contributed by atoms with Crippen molar-refractivity contribution in [2.24, 2.45) is 0 Å². The van der Waals surface area contributed by atoms with Crippen LogP contribution in [0.2, 0.25) is 0 Å². The van der Waals surface area contributed by atoms with E-state index in [-0.39, 0.29) is 13.2 Å². The van der Waals surface area contributed by atoms with Gasteiger partial charge in [-0.1, -0.05) is 42.1 Å². The molecular formula is C22H24O4S. The molecule has 142 valence electrons. The summed E-state index contributed by atoms with van der Waals surface area (Å²) < 4.78 is 11.7. The fourth-order valence-corrected chi connectivity index (χ4v) is 3.61. The summed E-state index contributed by atoms with van der Waals surface area (Å²) in [4.78, 5) is 2.09. The molecule has 2 atom stereocenters. The van der Waals surface area contributed by atoms with Gasteiger partial charge in [0, 0.05) is 15.7 Å². The second-order valence-electron chi connectivity index (χ2n) is 6.48. The van der Waals surface area contributed by atoms with Crippen LogP contribution < -0.4 is 9.47 Å². The molecule has 0 heterocycles. The number of aliphatic hydroxyl groups is 2. The molecule has 0 aliphatic heterocycles. The third-order valence-electron chi connectivity index (χ3n) is 3.86. The Morgan fingerprint density at radius 2 is 1.48 bits per heavy atom. The van der Waals surface area contributed by atoms with E-state index in [4.69, 9.17) is 9.47 Å². The number of fused-ring (bicyclic) bond motifs is 1. The molecule has 0 amide bonds. The molecule has 0 fully saturated rings. The Morgan fingerprint density at radius 3 is 2.19 bits per heavy atom. The van der Waals surface area contributed by atoms with E-state index in [1.807, 2.05) is 48.5 Å². The summed E-state index contributed by atoms with van der Waals surface area (Å²) in [7, 11) is 0. The van der Waals surface area contributed by atoms with E-state index in [1.165, 1.54) is 0 Å². The Bertz CT molecular complexity index is 878. The maximum absolute atomic E-state index is 9.68. The quantitative estimate of drug-likeness (QED) is 0.598. The number of hydrogen-bond acceptors (Lipinski definition) is 5. The average molecular weight is 384 g/mol. The zero-order chi connectivity index (χ0) is 19.2. The summed E-state index contributed by atoms with van der Waals surface area (Å²) >= 11 is 1.62. The number of hydrogen-bond donors (Lipinski definition) is 2. The summed E-state index contributed by atoms with van der Waals surface area (Å²) in [5.74, 6) is 1.43. The van der Waals surface area contributed by atoms with Gasteiger partial charge in [0.25, 0.3) is 0 Å². The molecule has 0 radical (unpaired) electrons. The van der Waals surface area contributed by atoms with Crippen LogP contribution in [0.1, 0.15) is 13.8 Å². The molecule has 0 saturated carbocycles. The van der Waals surface area contributed by atoms with Crippen LogP contribution >= 0.6 is 11.8 Å². The molecule has 4 nitrogen and oxygen atoms in total. The predicted octanol–water partition coefficient (Wildman–Crippen LogP) is 4.51. The summed E-state index contributed by atoms with van der Waals surface area (Å²) in [5, 5.41) is 21.0. The van der Waals surface area contributed by atoms with E-state index in [1.54, 1.807) is 25.6 Å². The molecule has 3 rings (SSSR count). The van der Waals surface area contributed by atoms with Crippen molar-refractivity contribution in [2.45, 2.75) is 35.8 Å². The van der Waals surface area contributed by atoms with Crippen LogP contribution in [0.3, 0.4) is 0 Å². The van der Waals surface area contributed by atoms with Crippen LogP contribution in [0, 0.1) is 0 Å². The molecule has 3 aromatic carbocycles. The molecular weight excluding hydrogens is 360 g/mol. The topological polar surface area (TPSA) is 58.9 Å². The highest BCUT2D eigenvalue weighted by atomic mass is 32.2. The van der Waals surface area contributed by atoms with Gasteiger partial charge < -0.3 is 19.7 Å². The second-order valence-corrected chi connectivity index (χ2v) is 7.59. The number of aliphatic hydroxyl groups excluding tert-OH is 2. The average Bonchev–Trinajstić information content (AvgIpc) is 2.65. The van der Waals surface area contributed by atoms with E-state index >= 15 is 0 Å². The summed E-state index contributed by atoms with van der Waals surface area (Å²) in [6, 6.07) is 19.9. The normalized spacial score (nSPS) is 13.3. The number of rotatable bonds is 8. The molecule has 2 unspecified atom stereocenters. The summed E-state index contributed by atoms with van der Waals surface area (Å²) in [5.41, 5.74) is 0. The molecule has 27 heavy (non-hydrogen) atoms. The Labute approximate surface area is 163 Å². The van der Waals surface area contributed by atoms with Gasteiger partial charge >= 0.3 is 0 Å². The van der Waals surface area contributed by atoms with Crippen LogP contribution in [-0.2, 0) is 0 Å². The molecule has 0 aromatic heterocycles. The van der Waals surface area contributed by atoms with Crippen LogP contribution in [-0.4, -0.2) is 35.6 Å². The Kier molecular flexibility index (Phi) is 6.61. The highest BCUT2D eigenvalue weighted by molar-refractivity contribution is 7.99. The minimum Gasteiger partial charge on any atom is -0.490 e. The molecule has 5 heteroatoms. The Balaban J connectivity index is 2.02. The molecule has 0 saturated heterocycles. The van der Waals surface area contributed by atoms with Gasteiger partial charge in [0.15, 0.2) is 0 Å². The van der Waals surface area contributed by atoms with Gasteiger partial charge in [0.1, 0.15) is 24.7 Å². The van der Waals surface area contributed by atoms with Crippen molar-refractivity contribution in [1.29, 1.82) is 0 Å². The van der Waals surface area contributed by atoms with Gasteiger partial charge in [0.2, 0.25) is 0 Å². The van der Waals surface area contributed by atoms with Crippen molar-refractivity contribution in [2.75, 3.05) is 13.2 Å². The summed E-state index contributed by atoms with van der Waals surface area (Å²) in [6.45, 7) is 3.83. The predicted molar refractivity (Wildman–Crippen MR) is 109 cm³/mol. The fourth-order valence-electron chi connectivity index (χ4n) is 2.67. The van der Waals surface area contributed by atoms with Crippen molar-refractivity contribution in [3.8, 4) is 11.5 Å². The molecule has 2 N–H and O–H groups in total. The lowest BCUT2D eigenvalue weighted by atomic mass is 10.1. The standard InChI is InChI=1S/C22H24O4S/c1-15(23)13-25-20-10-6-9-19-18(20)11-12-21(22(19)26-14-16(2)24)27-17-7-4-3-5-8-17/h3-12,15-16,23-24H,13-14H2,1-2H3. The molecule has 3 aromatic rings.